The van der Waals surface area contributed by atoms with E-state index in [2.05, 4.69) is 20.2 Å². The van der Waals surface area contributed by atoms with E-state index in [4.69, 9.17) is 4.74 Å². The van der Waals surface area contributed by atoms with Crippen LogP contribution in [-0.4, -0.2) is 77.7 Å². The predicted octanol–water partition coefficient (Wildman–Crippen LogP) is -0.178. The van der Waals surface area contributed by atoms with E-state index in [1.54, 1.807) is 18.5 Å². The van der Waals surface area contributed by atoms with Crippen LogP contribution in [0.4, 0.5) is 5.95 Å². The van der Waals surface area contributed by atoms with Gasteiger partial charge in [0, 0.05) is 44.6 Å². The van der Waals surface area contributed by atoms with Crippen LogP contribution in [0.5, 0.6) is 0 Å². The second kappa shape index (κ2) is 6.82. The Morgan fingerprint density at radius 1 is 1.29 bits per heavy atom. The Balaban J connectivity index is 1.45. The molecule has 2 fully saturated rings. The van der Waals surface area contributed by atoms with E-state index in [0.29, 0.717) is 44.8 Å². The fourth-order valence-electron chi connectivity index (χ4n) is 2.75. The number of nitrogens with one attached hydrogen (secondary N) is 1. The van der Waals surface area contributed by atoms with Crippen LogP contribution < -0.4 is 5.32 Å². The van der Waals surface area contributed by atoms with Crippen molar-refractivity contribution in [3.63, 3.8) is 0 Å². The molecular weight excluding hydrogens is 270 g/mol. The summed E-state index contributed by atoms with van der Waals surface area (Å²) in [5.74, 6) is 0.860. The molecule has 1 N–H and O–H groups in total. The summed E-state index contributed by atoms with van der Waals surface area (Å²) < 4.78 is 5.27. The number of aromatic nitrogens is 2. The van der Waals surface area contributed by atoms with Crippen molar-refractivity contribution >= 4 is 11.9 Å². The molecule has 3 heterocycles. The summed E-state index contributed by atoms with van der Waals surface area (Å²) in [6.45, 7) is 5.02. The van der Waals surface area contributed by atoms with Crippen molar-refractivity contribution in [1.29, 1.82) is 0 Å². The van der Waals surface area contributed by atoms with Crippen LogP contribution in [0.25, 0.3) is 0 Å². The molecule has 2 saturated heterocycles. The molecule has 1 unspecified atom stereocenters. The van der Waals surface area contributed by atoms with Crippen molar-refractivity contribution in [3.8, 4) is 0 Å². The molecule has 1 atom stereocenters. The molecule has 0 saturated carbocycles. The van der Waals surface area contributed by atoms with Crippen molar-refractivity contribution in [3.05, 3.63) is 18.5 Å². The highest BCUT2D eigenvalue weighted by molar-refractivity contribution is 5.78. The number of amides is 1. The number of carbonyl (C=O) groups excluding carboxylic acids is 1. The average Bonchev–Trinajstić information content (AvgIpc) is 2.96. The molecule has 2 aliphatic rings. The lowest BCUT2D eigenvalue weighted by Crippen LogP contribution is -2.45. The molecule has 2 aliphatic heterocycles. The minimum Gasteiger partial charge on any atom is -0.378 e. The van der Waals surface area contributed by atoms with Gasteiger partial charge in [0.25, 0.3) is 0 Å². The van der Waals surface area contributed by atoms with Gasteiger partial charge in [0.05, 0.1) is 19.8 Å². The van der Waals surface area contributed by atoms with Crippen LogP contribution >= 0.6 is 0 Å². The Hall–Kier alpha value is -1.73. The third-order valence-corrected chi connectivity index (χ3v) is 3.89. The first-order chi connectivity index (χ1) is 10.3. The van der Waals surface area contributed by atoms with E-state index in [1.807, 2.05) is 4.90 Å². The van der Waals surface area contributed by atoms with Crippen LogP contribution in [-0.2, 0) is 9.53 Å². The monoisotopic (exact) mass is 291 g/mol. The Bertz CT molecular complexity index is 464. The fourth-order valence-corrected chi connectivity index (χ4v) is 2.75. The first kappa shape index (κ1) is 14.2. The van der Waals surface area contributed by atoms with Gasteiger partial charge in [-0.1, -0.05) is 0 Å². The van der Waals surface area contributed by atoms with Crippen LogP contribution in [0.15, 0.2) is 18.5 Å². The second-order valence-electron chi connectivity index (χ2n) is 5.43. The highest BCUT2D eigenvalue weighted by Crippen LogP contribution is 2.13. The highest BCUT2D eigenvalue weighted by atomic mass is 16.5. The lowest BCUT2D eigenvalue weighted by atomic mass is 10.3. The van der Waals surface area contributed by atoms with Gasteiger partial charge in [-0.05, 0) is 12.5 Å². The fraction of sp³-hybridized carbons (Fsp3) is 0.643. The standard InChI is InChI=1S/C14H21N5O2/c20-13(19-6-8-21-9-7-19)11-18-5-2-12(10-18)17-14-15-3-1-4-16-14/h1,3-4,12H,2,5-11H2,(H,15,16,17). The first-order valence-corrected chi connectivity index (χ1v) is 7.43. The zero-order chi connectivity index (χ0) is 14.5. The van der Waals surface area contributed by atoms with E-state index >= 15 is 0 Å². The number of rotatable bonds is 4. The van der Waals surface area contributed by atoms with Crippen molar-refractivity contribution in [2.75, 3.05) is 51.3 Å². The number of nitrogens with zero attached hydrogens (tertiary/aromatic N) is 4. The van der Waals surface area contributed by atoms with Crippen molar-refractivity contribution in [2.24, 2.45) is 0 Å². The van der Waals surface area contributed by atoms with Crippen LogP contribution in [0.2, 0.25) is 0 Å². The number of carbonyl (C=O) groups is 1. The quantitative estimate of drug-likeness (QED) is 0.830. The van der Waals surface area contributed by atoms with Gasteiger partial charge in [-0.3, -0.25) is 9.69 Å². The van der Waals surface area contributed by atoms with Crippen molar-refractivity contribution < 1.29 is 9.53 Å². The summed E-state index contributed by atoms with van der Waals surface area (Å²) in [7, 11) is 0. The number of anilines is 1. The smallest absolute Gasteiger partial charge is 0.236 e. The average molecular weight is 291 g/mol. The van der Waals surface area contributed by atoms with Gasteiger partial charge in [-0.25, -0.2) is 9.97 Å². The summed E-state index contributed by atoms with van der Waals surface area (Å²) in [5, 5.41) is 3.31. The molecule has 3 rings (SSSR count). The van der Waals surface area contributed by atoms with Crippen LogP contribution in [0.1, 0.15) is 6.42 Å². The minimum atomic E-state index is 0.204. The summed E-state index contributed by atoms with van der Waals surface area (Å²) in [5.41, 5.74) is 0. The molecule has 0 spiro atoms. The van der Waals surface area contributed by atoms with Crippen molar-refractivity contribution in [1.82, 2.24) is 19.8 Å². The topological polar surface area (TPSA) is 70.6 Å². The van der Waals surface area contributed by atoms with Gasteiger partial charge in [0.15, 0.2) is 0 Å². The number of morpholine rings is 1. The maximum absolute atomic E-state index is 12.2. The maximum atomic E-state index is 12.2. The van der Waals surface area contributed by atoms with Crippen LogP contribution in [0.3, 0.4) is 0 Å². The Morgan fingerprint density at radius 3 is 2.81 bits per heavy atom. The molecule has 7 heteroatoms. The molecular formula is C14H21N5O2. The molecule has 21 heavy (non-hydrogen) atoms. The zero-order valence-electron chi connectivity index (χ0n) is 12.1. The van der Waals surface area contributed by atoms with Gasteiger partial charge in [-0.15, -0.1) is 0 Å². The molecule has 7 nitrogen and oxygen atoms in total. The Morgan fingerprint density at radius 2 is 2.05 bits per heavy atom. The number of hydrogen-bond acceptors (Lipinski definition) is 6. The maximum Gasteiger partial charge on any atom is 0.236 e. The van der Waals surface area contributed by atoms with E-state index in [-0.39, 0.29) is 5.91 Å². The molecule has 0 bridgehead atoms. The summed E-state index contributed by atoms with van der Waals surface area (Å²) in [6.07, 6.45) is 4.46. The third kappa shape index (κ3) is 3.89. The van der Waals surface area contributed by atoms with E-state index in [1.165, 1.54) is 0 Å². The van der Waals surface area contributed by atoms with E-state index < -0.39 is 0 Å². The number of likely N-dealkylation sites (tertiary alicyclic amines) is 1. The predicted molar refractivity (Wildman–Crippen MR) is 77.9 cm³/mol. The SMILES string of the molecule is O=C(CN1CCC(Nc2ncccn2)C1)N1CCOCC1. The van der Waals surface area contributed by atoms with E-state index in [9.17, 15) is 4.79 Å². The van der Waals surface area contributed by atoms with Gasteiger partial charge < -0.3 is 15.0 Å². The molecule has 0 radical (unpaired) electrons. The Labute approximate surface area is 124 Å². The van der Waals surface area contributed by atoms with Gasteiger partial charge in [-0.2, -0.15) is 0 Å². The second-order valence-corrected chi connectivity index (χ2v) is 5.43. The molecule has 1 aromatic heterocycles. The number of ether oxygens (including phenoxy) is 1. The normalized spacial score (nSPS) is 23.2. The third-order valence-electron chi connectivity index (χ3n) is 3.89. The Kier molecular flexibility index (Phi) is 4.62. The van der Waals surface area contributed by atoms with Crippen molar-refractivity contribution in [2.45, 2.75) is 12.5 Å². The molecule has 114 valence electrons. The lowest BCUT2D eigenvalue weighted by molar-refractivity contribution is -0.136. The van der Waals surface area contributed by atoms with Gasteiger partial charge >= 0.3 is 0 Å². The molecule has 1 aromatic rings. The largest absolute Gasteiger partial charge is 0.378 e. The zero-order valence-corrected chi connectivity index (χ0v) is 12.1. The highest BCUT2D eigenvalue weighted by Gasteiger charge is 2.26. The summed E-state index contributed by atoms with van der Waals surface area (Å²) >= 11 is 0. The minimum absolute atomic E-state index is 0.204. The summed E-state index contributed by atoms with van der Waals surface area (Å²) in [4.78, 5) is 24.6. The van der Waals surface area contributed by atoms with Gasteiger partial charge in [0.2, 0.25) is 11.9 Å². The van der Waals surface area contributed by atoms with E-state index in [0.717, 1.165) is 19.5 Å². The number of hydrogen-bond donors (Lipinski definition) is 1. The first-order valence-electron chi connectivity index (χ1n) is 7.43. The van der Waals surface area contributed by atoms with Crippen LogP contribution in [0, 0.1) is 0 Å². The molecule has 0 aliphatic carbocycles. The van der Waals surface area contributed by atoms with Gasteiger partial charge in [0.1, 0.15) is 0 Å². The molecule has 0 aromatic carbocycles. The molecule has 1 amide bonds. The lowest BCUT2D eigenvalue weighted by Gasteiger charge is -2.28. The summed E-state index contributed by atoms with van der Waals surface area (Å²) in [6, 6.07) is 2.11.